The quantitative estimate of drug-likeness (QED) is 0.768. The van der Waals surface area contributed by atoms with Crippen LogP contribution in [0.15, 0.2) is 24.3 Å². The molecule has 0 aromatic heterocycles. The van der Waals surface area contributed by atoms with E-state index >= 15 is 0 Å². The number of ketones is 1. The number of hydrogen-bond donors (Lipinski definition) is 1. The predicted octanol–water partition coefficient (Wildman–Crippen LogP) is 0.488. The number of rotatable bonds is 6. The Bertz CT molecular complexity index is 425. The first-order chi connectivity index (χ1) is 9.69. The van der Waals surface area contributed by atoms with Crippen LogP contribution in [0.1, 0.15) is 10.4 Å². The molecule has 0 saturated carbocycles. The summed E-state index contributed by atoms with van der Waals surface area (Å²) < 4.78 is 5.27. The molecule has 5 nitrogen and oxygen atoms in total. The molecule has 1 aromatic rings. The van der Waals surface area contributed by atoms with E-state index in [4.69, 9.17) is 9.84 Å². The topological polar surface area (TPSA) is 53.0 Å². The predicted molar refractivity (Wildman–Crippen MR) is 77.3 cm³/mol. The molecule has 2 rings (SSSR count). The second-order valence-corrected chi connectivity index (χ2v) is 5.10. The Morgan fingerprint density at radius 3 is 2.45 bits per heavy atom. The Balaban J connectivity index is 1.85. The highest BCUT2D eigenvalue weighted by Crippen LogP contribution is 2.13. The molecule has 1 heterocycles. The molecule has 20 heavy (non-hydrogen) atoms. The van der Waals surface area contributed by atoms with Crippen molar-refractivity contribution < 1.29 is 14.6 Å². The molecule has 0 radical (unpaired) electrons. The first kappa shape index (κ1) is 15.0. The second kappa shape index (κ2) is 7.38. The smallest absolute Gasteiger partial charge is 0.176 e. The molecule has 1 saturated heterocycles. The van der Waals surface area contributed by atoms with Crippen LogP contribution in [-0.4, -0.2) is 73.7 Å². The largest absolute Gasteiger partial charge is 0.491 e. The molecular weight excluding hydrogens is 256 g/mol. The number of carbonyl (C=O) groups is 1. The van der Waals surface area contributed by atoms with Crippen LogP contribution in [0.2, 0.25) is 0 Å². The van der Waals surface area contributed by atoms with Crippen molar-refractivity contribution >= 4 is 5.78 Å². The third-order valence-electron chi connectivity index (χ3n) is 3.50. The lowest BCUT2D eigenvalue weighted by Crippen LogP contribution is -2.46. The molecule has 0 unspecified atom stereocenters. The van der Waals surface area contributed by atoms with Crippen molar-refractivity contribution in [2.45, 2.75) is 0 Å². The van der Waals surface area contributed by atoms with E-state index in [-0.39, 0.29) is 19.0 Å². The molecule has 1 fully saturated rings. The zero-order valence-electron chi connectivity index (χ0n) is 11.9. The summed E-state index contributed by atoms with van der Waals surface area (Å²) in [6.07, 6.45) is 0. The SMILES string of the molecule is CN1CCN(CC(=O)c2ccc(OCCO)cc2)CC1. The zero-order valence-corrected chi connectivity index (χ0v) is 11.9. The summed E-state index contributed by atoms with van der Waals surface area (Å²) in [6, 6.07) is 7.11. The van der Waals surface area contributed by atoms with Crippen LogP contribution in [-0.2, 0) is 0 Å². The molecule has 0 aliphatic carbocycles. The molecule has 1 N–H and O–H groups in total. The molecular formula is C15H22N2O3. The number of piperazine rings is 1. The molecule has 0 amide bonds. The van der Waals surface area contributed by atoms with Crippen molar-refractivity contribution in [2.75, 3.05) is 53.0 Å². The van der Waals surface area contributed by atoms with Gasteiger partial charge in [-0.1, -0.05) is 0 Å². The van der Waals surface area contributed by atoms with Gasteiger partial charge in [-0.3, -0.25) is 9.69 Å². The van der Waals surface area contributed by atoms with Crippen LogP contribution >= 0.6 is 0 Å². The van der Waals surface area contributed by atoms with Crippen molar-refractivity contribution in [1.29, 1.82) is 0 Å². The molecule has 1 aliphatic heterocycles. The first-order valence-corrected chi connectivity index (χ1v) is 6.97. The van der Waals surface area contributed by atoms with Gasteiger partial charge in [-0.05, 0) is 31.3 Å². The fraction of sp³-hybridized carbons (Fsp3) is 0.533. The minimum atomic E-state index is -0.00983. The average Bonchev–Trinajstić information content (AvgIpc) is 2.48. The number of aliphatic hydroxyl groups is 1. The van der Waals surface area contributed by atoms with E-state index in [1.54, 1.807) is 24.3 Å². The van der Waals surface area contributed by atoms with Crippen molar-refractivity contribution in [3.05, 3.63) is 29.8 Å². The molecule has 0 spiro atoms. The summed E-state index contributed by atoms with van der Waals surface area (Å²) in [4.78, 5) is 16.6. The Morgan fingerprint density at radius 1 is 1.20 bits per heavy atom. The molecule has 0 bridgehead atoms. The summed E-state index contributed by atoms with van der Waals surface area (Å²) in [5.74, 6) is 0.818. The standard InChI is InChI=1S/C15H22N2O3/c1-16-6-8-17(9-7-16)12-15(19)13-2-4-14(5-3-13)20-11-10-18/h2-5,18H,6-12H2,1H3. The fourth-order valence-corrected chi connectivity index (χ4v) is 2.20. The van der Waals surface area contributed by atoms with Crippen molar-refractivity contribution in [2.24, 2.45) is 0 Å². The monoisotopic (exact) mass is 278 g/mol. The summed E-state index contributed by atoms with van der Waals surface area (Å²) in [7, 11) is 2.10. The van der Waals surface area contributed by atoms with Crippen LogP contribution in [0.3, 0.4) is 0 Å². The molecule has 0 atom stereocenters. The van der Waals surface area contributed by atoms with E-state index in [0.29, 0.717) is 17.9 Å². The molecule has 1 aromatic carbocycles. The van der Waals surface area contributed by atoms with Gasteiger partial charge in [0.15, 0.2) is 5.78 Å². The summed E-state index contributed by atoms with van der Waals surface area (Å²) in [5, 5.41) is 8.68. The van der Waals surface area contributed by atoms with Gasteiger partial charge in [0, 0.05) is 31.7 Å². The lowest BCUT2D eigenvalue weighted by atomic mass is 10.1. The highest BCUT2D eigenvalue weighted by atomic mass is 16.5. The summed E-state index contributed by atoms with van der Waals surface area (Å²) in [6.45, 7) is 4.66. The molecule has 1 aliphatic rings. The minimum Gasteiger partial charge on any atom is -0.491 e. The Labute approximate surface area is 119 Å². The average molecular weight is 278 g/mol. The van der Waals surface area contributed by atoms with E-state index in [2.05, 4.69) is 16.8 Å². The van der Waals surface area contributed by atoms with Gasteiger partial charge in [-0.2, -0.15) is 0 Å². The van der Waals surface area contributed by atoms with Gasteiger partial charge in [0.05, 0.1) is 13.2 Å². The zero-order chi connectivity index (χ0) is 14.4. The van der Waals surface area contributed by atoms with Crippen LogP contribution in [0.25, 0.3) is 0 Å². The van der Waals surface area contributed by atoms with Crippen molar-refractivity contribution in [3.8, 4) is 5.75 Å². The van der Waals surface area contributed by atoms with Crippen molar-refractivity contribution in [1.82, 2.24) is 9.80 Å². The maximum Gasteiger partial charge on any atom is 0.176 e. The number of likely N-dealkylation sites (N-methyl/N-ethyl adjacent to an activating group) is 1. The van der Waals surface area contributed by atoms with E-state index < -0.39 is 0 Å². The van der Waals surface area contributed by atoms with E-state index in [9.17, 15) is 4.79 Å². The number of carbonyl (C=O) groups excluding carboxylic acids is 1. The number of aliphatic hydroxyl groups excluding tert-OH is 1. The van der Waals surface area contributed by atoms with Crippen LogP contribution in [0.5, 0.6) is 5.75 Å². The first-order valence-electron chi connectivity index (χ1n) is 6.97. The molecule has 5 heteroatoms. The Kier molecular flexibility index (Phi) is 5.52. The van der Waals surface area contributed by atoms with Gasteiger partial charge in [0.1, 0.15) is 12.4 Å². The summed E-state index contributed by atoms with van der Waals surface area (Å²) in [5.41, 5.74) is 0.709. The maximum absolute atomic E-state index is 12.2. The van der Waals surface area contributed by atoms with Gasteiger partial charge in [0.2, 0.25) is 0 Å². The highest BCUT2D eigenvalue weighted by molar-refractivity contribution is 5.97. The maximum atomic E-state index is 12.2. The number of ether oxygens (including phenoxy) is 1. The van der Waals surface area contributed by atoms with Crippen LogP contribution in [0, 0.1) is 0 Å². The summed E-state index contributed by atoms with van der Waals surface area (Å²) >= 11 is 0. The minimum absolute atomic E-state index is 0.00983. The number of hydrogen-bond acceptors (Lipinski definition) is 5. The Morgan fingerprint density at radius 2 is 1.85 bits per heavy atom. The van der Waals surface area contributed by atoms with Gasteiger partial charge >= 0.3 is 0 Å². The fourth-order valence-electron chi connectivity index (χ4n) is 2.20. The van der Waals surface area contributed by atoms with E-state index in [0.717, 1.165) is 26.2 Å². The van der Waals surface area contributed by atoms with E-state index in [1.807, 2.05) is 0 Å². The normalized spacial score (nSPS) is 17.1. The molecule has 110 valence electrons. The van der Waals surface area contributed by atoms with E-state index in [1.165, 1.54) is 0 Å². The van der Waals surface area contributed by atoms with Crippen molar-refractivity contribution in [3.63, 3.8) is 0 Å². The van der Waals surface area contributed by atoms with Gasteiger partial charge in [-0.25, -0.2) is 0 Å². The van der Waals surface area contributed by atoms with Gasteiger partial charge < -0.3 is 14.7 Å². The number of Topliss-reactive ketones (excluding diaryl/α,β-unsaturated/α-hetero) is 1. The highest BCUT2D eigenvalue weighted by Gasteiger charge is 2.17. The lowest BCUT2D eigenvalue weighted by molar-refractivity contribution is 0.0876. The van der Waals surface area contributed by atoms with Crippen LogP contribution < -0.4 is 4.74 Å². The van der Waals surface area contributed by atoms with Crippen LogP contribution in [0.4, 0.5) is 0 Å². The third kappa shape index (κ3) is 4.30. The van der Waals surface area contributed by atoms with Gasteiger partial charge in [-0.15, -0.1) is 0 Å². The number of nitrogens with zero attached hydrogens (tertiary/aromatic N) is 2. The third-order valence-corrected chi connectivity index (χ3v) is 3.50. The van der Waals surface area contributed by atoms with Gasteiger partial charge in [0.25, 0.3) is 0 Å². The Hall–Kier alpha value is -1.43. The number of benzene rings is 1. The lowest BCUT2D eigenvalue weighted by Gasteiger charge is -2.31. The second-order valence-electron chi connectivity index (χ2n) is 5.10.